The zero-order valence-electron chi connectivity index (χ0n) is 12.2. The molecule has 1 amide bonds. The molecular weight excluding hydrogens is 305 g/mol. The monoisotopic (exact) mass is 322 g/mol. The number of para-hydroxylation sites is 1. The van der Waals surface area contributed by atoms with Crippen LogP contribution in [0, 0.1) is 6.92 Å². The Labute approximate surface area is 129 Å². The number of carbonyl (C=O) groups excluding carboxylic acids is 1. The number of ether oxygens (including phenoxy) is 1. The first-order valence-electron chi connectivity index (χ1n) is 6.36. The fourth-order valence-corrected chi connectivity index (χ4v) is 1.71. The Bertz CT molecular complexity index is 618. The van der Waals surface area contributed by atoms with E-state index >= 15 is 0 Å². The molecule has 116 valence electrons. The molecule has 0 aliphatic carbocycles. The fraction of sp³-hybridized carbons (Fsp3) is 0.133. The lowest BCUT2D eigenvalue weighted by Gasteiger charge is -2.02. The number of amides is 1. The summed E-state index contributed by atoms with van der Waals surface area (Å²) in [4.78, 5) is 19.1. The van der Waals surface area contributed by atoms with Gasteiger partial charge in [0.15, 0.2) is 5.75 Å². The summed E-state index contributed by atoms with van der Waals surface area (Å²) in [5.74, 6) is 0.973. The molecule has 0 spiro atoms. The van der Waals surface area contributed by atoms with E-state index in [2.05, 4.69) is 9.84 Å². The van der Waals surface area contributed by atoms with Gasteiger partial charge in [-0.3, -0.25) is 0 Å². The Morgan fingerprint density at radius 1 is 1.09 bits per heavy atom. The molecule has 0 aliphatic heterocycles. The summed E-state index contributed by atoms with van der Waals surface area (Å²) in [7, 11) is -1.00. The van der Waals surface area contributed by atoms with Gasteiger partial charge in [0, 0.05) is 11.6 Å². The van der Waals surface area contributed by atoms with Gasteiger partial charge in [0.1, 0.15) is 5.75 Å². The van der Waals surface area contributed by atoms with Crippen molar-refractivity contribution in [1.29, 1.82) is 0 Å². The van der Waals surface area contributed by atoms with Crippen LogP contribution in [0.2, 0.25) is 0 Å². The van der Waals surface area contributed by atoms with Crippen molar-refractivity contribution < 1.29 is 23.5 Å². The molecular formula is C15H17NO5P+. The smallest absolute Gasteiger partial charge is 0.410 e. The van der Waals surface area contributed by atoms with Gasteiger partial charge in [-0.15, -0.1) is 4.89 Å². The van der Waals surface area contributed by atoms with Crippen molar-refractivity contribution in [2.45, 2.75) is 6.92 Å². The van der Waals surface area contributed by atoms with Crippen LogP contribution < -0.4 is 14.6 Å². The quantitative estimate of drug-likeness (QED) is 0.846. The van der Waals surface area contributed by atoms with E-state index in [0.717, 1.165) is 5.56 Å². The first kappa shape index (κ1) is 17.6. The maximum absolute atomic E-state index is 10.8. The normalized spacial score (nSPS) is 9.86. The van der Waals surface area contributed by atoms with Crippen molar-refractivity contribution in [2.24, 2.45) is 0 Å². The highest BCUT2D eigenvalue weighted by molar-refractivity contribution is 7.32. The number of hydrogen-bond donors (Lipinski definition) is 2. The molecule has 1 atom stereocenters. The maximum Gasteiger partial charge on any atom is 0.747 e. The molecule has 7 heteroatoms. The van der Waals surface area contributed by atoms with Crippen LogP contribution in [0.3, 0.4) is 0 Å². The molecule has 0 bridgehead atoms. The van der Waals surface area contributed by atoms with Gasteiger partial charge in [-0.25, -0.2) is 9.32 Å². The Morgan fingerprint density at radius 3 is 2.27 bits per heavy atom. The van der Waals surface area contributed by atoms with Gasteiger partial charge >= 0.3 is 14.3 Å². The third-order valence-electron chi connectivity index (χ3n) is 2.33. The average Bonchev–Trinajstić information content (AvgIpc) is 2.48. The highest BCUT2D eigenvalue weighted by atomic mass is 31.1. The number of rotatable bonds is 3. The number of aryl methyl sites for hydroxylation is 1. The van der Waals surface area contributed by atoms with Gasteiger partial charge in [-0.05, 0) is 36.8 Å². The van der Waals surface area contributed by atoms with E-state index in [1.54, 1.807) is 42.5 Å². The summed E-state index contributed by atoms with van der Waals surface area (Å²) in [6.45, 7) is 1.94. The summed E-state index contributed by atoms with van der Waals surface area (Å²) in [5.41, 5.74) is 1.07. The highest BCUT2D eigenvalue weighted by Crippen LogP contribution is 2.21. The molecule has 2 aromatic rings. The number of hydrogen-bond acceptors (Lipinski definition) is 4. The number of benzene rings is 2. The van der Waals surface area contributed by atoms with Crippen molar-refractivity contribution in [3.8, 4) is 11.5 Å². The third-order valence-corrected chi connectivity index (χ3v) is 2.70. The second-order valence-corrected chi connectivity index (χ2v) is 4.76. The molecule has 0 aliphatic rings. The SMILES string of the molecule is CNC(=O)Oc1cccc(C)c1.O=[P+](O)Oc1ccccc1. The van der Waals surface area contributed by atoms with E-state index in [0.29, 0.717) is 11.5 Å². The summed E-state index contributed by atoms with van der Waals surface area (Å²) >= 11 is 0. The lowest BCUT2D eigenvalue weighted by Crippen LogP contribution is -2.21. The van der Waals surface area contributed by atoms with Crippen LogP contribution in [0.5, 0.6) is 11.5 Å². The van der Waals surface area contributed by atoms with Crippen LogP contribution in [0.1, 0.15) is 5.56 Å². The zero-order chi connectivity index (χ0) is 16.4. The van der Waals surface area contributed by atoms with E-state index < -0.39 is 14.3 Å². The topological polar surface area (TPSA) is 84.9 Å². The van der Waals surface area contributed by atoms with Crippen LogP contribution in [-0.2, 0) is 4.57 Å². The second kappa shape index (κ2) is 9.50. The molecule has 22 heavy (non-hydrogen) atoms. The molecule has 6 nitrogen and oxygen atoms in total. The van der Waals surface area contributed by atoms with Crippen molar-refractivity contribution >= 4 is 14.3 Å². The van der Waals surface area contributed by atoms with Crippen LogP contribution in [-0.4, -0.2) is 18.0 Å². The van der Waals surface area contributed by atoms with E-state index in [4.69, 9.17) is 9.63 Å². The molecule has 0 fully saturated rings. The summed E-state index contributed by atoms with van der Waals surface area (Å²) in [6.07, 6.45) is -0.444. The summed E-state index contributed by atoms with van der Waals surface area (Å²) in [6, 6.07) is 15.8. The van der Waals surface area contributed by atoms with E-state index in [1.807, 2.05) is 19.1 Å². The molecule has 0 radical (unpaired) electrons. The minimum absolute atomic E-state index is 0.408. The largest absolute Gasteiger partial charge is 0.747 e. The first-order chi connectivity index (χ1) is 10.5. The molecule has 0 saturated heterocycles. The van der Waals surface area contributed by atoms with E-state index in [-0.39, 0.29) is 0 Å². The Balaban J connectivity index is 0.000000224. The minimum Gasteiger partial charge on any atom is -0.410 e. The Hall–Kier alpha value is -2.43. The van der Waals surface area contributed by atoms with Crippen LogP contribution in [0.4, 0.5) is 4.79 Å². The molecule has 0 heterocycles. The van der Waals surface area contributed by atoms with Crippen LogP contribution in [0.25, 0.3) is 0 Å². The van der Waals surface area contributed by atoms with E-state index in [1.165, 1.54) is 7.05 Å². The number of nitrogens with one attached hydrogen (secondary N) is 1. The van der Waals surface area contributed by atoms with Gasteiger partial charge in [-0.2, -0.15) is 0 Å². The standard InChI is InChI=1S/C9H11NO2.C6H5O3P/c1-7-4-3-5-8(6-7)12-9(11)10-2;7-10(8)9-6-4-2-1-3-5-6/h3-6H,1-2H3,(H,10,11);1-5H/p+1. The fourth-order valence-electron chi connectivity index (χ4n) is 1.41. The lowest BCUT2D eigenvalue weighted by atomic mass is 10.2. The molecule has 2 N–H and O–H groups in total. The third kappa shape index (κ3) is 7.38. The van der Waals surface area contributed by atoms with Gasteiger partial charge in [0.2, 0.25) is 0 Å². The summed E-state index contributed by atoms with van der Waals surface area (Å²) in [5, 5.41) is 2.37. The molecule has 0 saturated carbocycles. The predicted molar refractivity (Wildman–Crippen MR) is 83.2 cm³/mol. The van der Waals surface area contributed by atoms with Gasteiger partial charge in [0.25, 0.3) is 0 Å². The van der Waals surface area contributed by atoms with Gasteiger partial charge < -0.3 is 10.1 Å². The molecule has 0 aromatic heterocycles. The maximum atomic E-state index is 10.8. The molecule has 1 unspecified atom stereocenters. The summed E-state index contributed by atoms with van der Waals surface area (Å²) < 4.78 is 19.5. The Morgan fingerprint density at radius 2 is 1.73 bits per heavy atom. The minimum atomic E-state index is -2.53. The first-order valence-corrected chi connectivity index (χ1v) is 7.49. The average molecular weight is 322 g/mol. The Kier molecular flexibility index (Phi) is 7.61. The van der Waals surface area contributed by atoms with Crippen molar-refractivity contribution in [2.75, 3.05) is 7.05 Å². The molecule has 2 rings (SSSR count). The second-order valence-electron chi connectivity index (χ2n) is 4.10. The van der Waals surface area contributed by atoms with Crippen LogP contribution in [0.15, 0.2) is 54.6 Å². The lowest BCUT2D eigenvalue weighted by molar-refractivity contribution is 0.203. The number of carbonyl (C=O) groups is 1. The van der Waals surface area contributed by atoms with Crippen molar-refractivity contribution in [1.82, 2.24) is 5.32 Å². The van der Waals surface area contributed by atoms with Crippen LogP contribution >= 0.6 is 8.25 Å². The van der Waals surface area contributed by atoms with Gasteiger partial charge in [0.05, 0.1) is 0 Å². The van der Waals surface area contributed by atoms with E-state index in [9.17, 15) is 9.36 Å². The predicted octanol–water partition coefficient (Wildman–Crippen LogP) is 3.43. The highest BCUT2D eigenvalue weighted by Gasteiger charge is 2.12. The molecule has 2 aromatic carbocycles. The van der Waals surface area contributed by atoms with Crippen molar-refractivity contribution in [3.05, 3.63) is 60.2 Å². The van der Waals surface area contributed by atoms with Crippen molar-refractivity contribution in [3.63, 3.8) is 0 Å². The zero-order valence-corrected chi connectivity index (χ0v) is 13.1. The van der Waals surface area contributed by atoms with Gasteiger partial charge in [-0.1, -0.05) is 30.3 Å².